The highest BCUT2D eigenvalue weighted by atomic mass is 16.6. The van der Waals surface area contributed by atoms with E-state index in [2.05, 4.69) is 31.1 Å². The van der Waals surface area contributed by atoms with Crippen LogP contribution in [-0.2, 0) is 9.53 Å². The molecule has 252 valence electrons. The van der Waals surface area contributed by atoms with Gasteiger partial charge in [-0.15, -0.1) is 0 Å². The number of hydrogen-bond acceptors (Lipinski definition) is 10. The second-order valence-electron chi connectivity index (χ2n) is 15.3. The number of anilines is 1. The molecule has 12 heteroatoms. The van der Waals surface area contributed by atoms with E-state index in [1.54, 1.807) is 0 Å². The average Bonchev–Trinajstić information content (AvgIpc) is 3.50. The quantitative estimate of drug-likeness (QED) is 0.229. The number of rotatable bonds is 7. The molecule has 0 aromatic carbocycles. The molecule has 4 saturated carbocycles. The lowest BCUT2D eigenvalue weighted by Crippen LogP contribution is -2.62. The Kier molecular flexibility index (Phi) is 8.99. The molecule has 1 saturated heterocycles. The van der Waals surface area contributed by atoms with Gasteiger partial charge in [0.05, 0.1) is 24.9 Å². The minimum absolute atomic E-state index is 0.0228. The topological polar surface area (TPSA) is 195 Å². The van der Waals surface area contributed by atoms with Gasteiger partial charge in [-0.05, 0) is 104 Å². The normalized spacial score (nSPS) is 46.6. The largest absolute Gasteiger partial charge is 0.394 e. The Morgan fingerprint density at radius 3 is 2.53 bits per heavy atom. The van der Waals surface area contributed by atoms with Crippen LogP contribution in [-0.4, -0.2) is 89.3 Å². The molecule has 1 amide bonds. The first kappa shape index (κ1) is 33.0. The summed E-state index contributed by atoms with van der Waals surface area (Å²) in [5, 5.41) is 65.8. The molecule has 1 aromatic heterocycles. The van der Waals surface area contributed by atoms with Crippen LogP contribution in [0.3, 0.4) is 0 Å². The zero-order chi connectivity index (χ0) is 32.4. The van der Waals surface area contributed by atoms with Gasteiger partial charge in [-0.25, -0.2) is 4.79 Å². The van der Waals surface area contributed by atoms with E-state index in [9.17, 15) is 40.2 Å². The molecule has 5 fully saturated rings. The van der Waals surface area contributed by atoms with Crippen molar-refractivity contribution in [2.45, 2.75) is 121 Å². The highest BCUT2D eigenvalue weighted by Crippen LogP contribution is 2.68. The van der Waals surface area contributed by atoms with Crippen molar-refractivity contribution in [1.82, 2.24) is 9.55 Å². The highest BCUT2D eigenvalue weighted by Gasteiger charge is 2.65. The molecule has 15 atom stereocenters. The summed E-state index contributed by atoms with van der Waals surface area (Å²) in [6.07, 6.45) is 1.64. The second kappa shape index (κ2) is 12.3. The fraction of sp³-hybridized carbons (Fsp3) is 0.848. The predicted octanol–water partition coefficient (Wildman–Crippen LogP) is 1.17. The van der Waals surface area contributed by atoms with Crippen molar-refractivity contribution in [1.29, 1.82) is 0 Å². The molecule has 1 aliphatic heterocycles. The molecule has 45 heavy (non-hydrogen) atoms. The summed E-state index contributed by atoms with van der Waals surface area (Å²) < 4.78 is 6.42. The van der Waals surface area contributed by atoms with Gasteiger partial charge >= 0.3 is 5.69 Å². The Hall–Kier alpha value is -1.93. The summed E-state index contributed by atoms with van der Waals surface area (Å²) in [5.41, 5.74) is -1.11. The van der Waals surface area contributed by atoms with Crippen molar-refractivity contribution in [3.8, 4) is 0 Å². The minimum Gasteiger partial charge on any atom is -0.394 e. The van der Waals surface area contributed by atoms with E-state index < -0.39 is 49.0 Å². The van der Waals surface area contributed by atoms with Crippen LogP contribution < -0.4 is 11.0 Å². The first-order valence-electron chi connectivity index (χ1n) is 16.8. The Bertz CT molecular complexity index is 1310. The van der Waals surface area contributed by atoms with Crippen LogP contribution in [0.25, 0.3) is 0 Å². The third-order valence-corrected chi connectivity index (χ3v) is 13.2. The molecular weight excluding hydrogens is 582 g/mol. The second-order valence-corrected chi connectivity index (χ2v) is 15.3. The van der Waals surface area contributed by atoms with Crippen molar-refractivity contribution < 1.29 is 40.2 Å². The van der Waals surface area contributed by atoms with Gasteiger partial charge in [-0.3, -0.25) is 9.36 Å². The zero-order valence-corrected chi connectivity index (χ0v) is 26.5. The monoisotopic (exact) mass is 633 g/mol. The number of hydrogen-bond donors (Lipinski definition) is 7. The number of nitrogens with zero attached hydrogens (tertiary/aromatic N) is 2. The number of fused-ring (bicyclic) bond motifs is 5. The van der Waals surface area contributed by atoms with Crippen LogP contribution in [0, 0.1) is 46.3 Å². The average molecular weight is 634 g/mol. The number of amides is 1. The molecule has 4 aliphatic carbocycles. The van der Waals surface area contributed by atoms with E-state index in [-0.39, 0.29) is 70.6 Å². The lowest BCUT2D eigenvalue weighted by atomic mass is 9.43. The van der Waals surface area contributed by atoms with Crippen LogP contribution in [0.2, 0.25) is 0 Å². The molecule has 0 radical (unpaired) electrons. The summed E-state index contributed by atoms with van der Waals surface area (Å²) in [5.74, 6) is 0.990. The minimum atomic E-state index is -1.42. The zero-order valence-electron chi connectivity index (χ0n) is 26.5. The van der Waals surface area contributed by atoms with Crippen LogP contribution in [0.5, 0.6) is 0 Å². The molecule has 1 aromatic rings. The Morgan fingerprint density at radius 2 is 1.84 bits per heavy atom. The highest BCUT2D eigenvalue weighted by molar-refractivity contribution is 5.89. The van der Waals surface area contributed by atoms with Crippen molar-refractivity contribution >= 4 is 11.7 Å². The molecule has 2 heterocycles. The number of aromatic nitrogens is 2. The van der Waals surface area contributed by atoms with Crippen LogP contribution >= 0.6 is 0 Å². The maximum Gasteiger partial charge on any atom is 0.351 e. The van der Waals surface area contributed by atoms with E-state index in [0.29, 0.717) is 12.8 Å². The van der Waals surface area contributed by atoms with Crippen molar-refractivity contribution in [2.24, 2.45) is 46.3 Å². The van der Waals surface area contributed by atoms with Gasteiger partial charge in [-0.1, -0.05) is 20.8 Å². The molecule has 0 bridgehead atoms. The lowest BCUT2D eigenvalue weighted by Gasteiger charge is -2.63. The number of aliphatic hydroxyl groups excluding tert-OH is 6. The number of carbonyl (C=O) groups excluding carboxylic acids is 1. The predicted molar refractivity (Wildman–Crippen MR) is 163 cm³/mol. The SMILES string of the molecule is C[C@H](CCC(=O)Nc1ccn(C2O[C@H](CO)[C@@H](O)[C@@H]2O)c(=O)n1)[C@H]1CC[C@H]2C3[C@H](O)C[C@@H]4C[C@H](O)CC[C@]4(C)[C@H]3C[C@H](O)[C@]12C. The van der Waals surface area contributed by atoms with Crippen molar-refractivity contribution in [2.75, 3.05) is 11.9 Å². The van der Waals surface area contributed by atoms with Crippen LogP contribution in [0.15, 0.2) is 17.1 Å². The molecule has 5 aliphatic rings. The van der Waals surface area contributed by atoms with E-state index in [1.165, 1.54) is 12.3 Å². The van der Waals surface area contributed by atoms with Crippen molar-refractivity contribution in [3.05, 3.63) is 22.7 Å². The number of aliphatic hydroxyl groups is 6. The Morgan fingerprint density at radius 1 is 1.09 bits per heavy atom. The van der Waals surface area contributed by atoms with Gasteiger partial charge < -0.3 is 40.7 Å². The fourth-order valence-electron chi connectivity index (χ4n) is 10.7. The first-order chi connectivity index (χ1) is 21.3. The maximum absolute atomic E-state index is 12.9. The van der Waals surface area contributed by atoms with Gasteiger partial charge in [-0.2, -0.15) is 4.98 Å². The summed E-state index contributed by atoms with van der Waals surface area (Å²) in [7, 11) is 0. The molecule has 0 spiro atoms. The summed E-state index contributed by atoms with van der Waals surface area (Å²) in [4.78, 5) is 29.5. The van der Waals surface area contributed by atoms with Crippen LogP contribution in [0.4, 0.5) is 5.82 Å². The molecule has 6 rings (SSSR count). The third-order valence-electron chi connectivity index (χ3n) is 13.2. The number of nitrogens with one attached hydrogen (secondary N) is 1. The van der Waals surface area contributed by atoms with E-state index in [4.69, 9.17) is 4.74 Å². The van der Waals surface area contributed by atoms with Gasteiger partial charge in [0.15, 0.2) is 6.23 Å². The summed E-state index contributed by atoms with van der Waals surface area (Å²) >= 11 is 0. The molecule has 7 N–H and O–H groups in total. The summed E-state index contributed by atoms with van der Waals surface area (Å²) in [6.45, 7) is 6.15. The standard InChI is InChI=1S/C33H51N3O9/c1-16(4-7-26(41)34-25-9-11-36(31(44)35-25)30-29(43)28(42)23(15-37)45-30)19-5-6-20-27-21(14-24(40)33(19,20)3)32(2)10-8-18(38)12-17(32)13-22(27)39/h9,11,16-24,27-30,37-40,42-43H,4-8,10,12-15H2,1-3H3,(H,34,35,41,44)/t16-,17+,18-,19-,20+,21+,22-,23-,24+,27?,28-,29+,30?,32+,33-/m1/s1. The molecule has 12 nitrogen and oxygen atoms in total. The lowest BCUT2D eigenvalue weighted by molar-refractivity contribution is -0.207. The van der Waals surface area contributed by atoms with Gasteiger partial charge in [0.2, 0.25) is 5.91 Å². The first-order valence-corrected chi connectivity index (χ1v) is 16.8. The van der Waals surface area contributed by atoms with E-state index >= 15 is 0 Å². The van der Waals surface area contributed by atoms with E-state index in [1.807, 2.05) is 0 Å². The Labute approximate surface area is 263 Å². The van der Waals surface area contributed by atoms with Gasteiger partial charge in [0, 0.05) is 12.6 Å². The Balaban J connectivity index is 1.08. The smallest absolute Gasteiger partial charge is 0.351 e. The molecule has 2 unspecified atom stereocenters. The summed E-state index contributed by atoms with van der Waals surface area (Å²) in [6, 6.07) is 1.42. The maximum atomic E-state index is 12.9. The van der Waals surface area contributed by atoms with Crippen molar-refractivity contribution in [3.63, 3.8) is 0 Å². The molecular formula is C33H51N3O9. The van der Waals surface area contributed by atoms with Gasteiger partial charge in [0.25, 0.3) is 0 Å². The fourth-order valence-corrected chi connectivity index (χ4v) is 10.7. The van der Waals surface area contributed by atoms with Gasteiger partial charge in [0.1, 0.15) is 24.1 Å². The van der Waals surface area contributed by atoms with Crippen LogP contribution in [0.1, 0.15) is 84.8 Å². The number of carbonyl (C=O) groups is 1. The number of ether oxygens (including phenoxy) is 1. The third kappa shape index (κ3) is 5.48. The van der Waals surface area contributed by atoms with E-state index in [0.717, 1.165) is 43.1 Å².